The monoisotopic (exact) mass is 353 g/mol. The summed E-state index contributed by atoms with van der Waals surface area (Å²) >= 11 is 0. The van der Waals surface area contributed by atoms with Gasteiger partial charge in [-0.3, -0.25) is 4.79 Å². The highest BCUT2D eigenvalue weighted by Gasteiger charge is 2.10. The zero-order valence-corrected chi connectivity index (χ0v) is 14.7. The van der Waals surface area contributed by atoms with Gasteiger partial charge in [0.15, 0.2) is 0 Å². The number of carbonyl (C=O) groups excluding carboxylic acids is 1. The summed E-state index contributed by atoms with van der Waals surface area (Å²) in [6.45, 7) is 2.07. The zero-order valence-electron chi connectivity index (χ0n) is 14.7. The SMILES string of the molecule is COc1ccccc1CC(=O)NCc1ccc(-n2ccnc2C)c(F)c1. The van der Waals surface area contributed by atoms with E-state index in [1.54, 1.807) is 36.2 Å². The van der Waals surface area contributed by atoms with Gasteiger partial charge in [0.2, 0.25) is 5.91 Å². The molecule has 0 saturated carbocycles. The minimum Gasteiger partial charge on any atom is -0.496 e. The van der Waals surface area contributed by atoms with Gasteiger partial charge in [0.1, 0.15) is 17.4 Å². The molecule has 1 aromatic heterocycles. The Morgan fingerprint density at radius 3 is 2.77 bits per heavy atom. The van der Waals surface area contributed by atoms with Crippen molar-refractivity contribution in [3.8, 4) is 11.4 Å². The van der Waals surface area contributed by atoms with Crippen molar-refractivity contribution in [1.29, 1.82) is 0 Å². The van der Waals surface area contributed by atoms with Crippen LogP contribution in [0.3, 0.4) is 0 Å². The van der Waals surface area contributed by atoms with Crippen molar-refractivity contribution in [3.63, 3.8) is 0 Å². The second kappa shape index (κ2) is 7.82. The predicted molar refractivity (Wildman–Crippen MR) is 96.8 cm³/mol. The quantitative estimate of drug-likeness (QED) is 0.740. The Labute approximate surface area is 151 Å². The number of aryl methyl sites for hydroxylation is 1. The standard InChI is InChI=1S/C20H20FN3O2/c1-14-22-9-10-24(14)18-8-7-15(11-17(18)21)13-23-20(25)12-16-5-3-4-6-19(16)26-2/h3-11H,12-13H2,1-2H3,(H,23,25). The minimum atomic E-state index is -0.359. The number of carbonyl (C=O) groups is 1. The molecule has 1 N–H and O–H groups in total. The molecule has 3 aromatic rings. The van der Waals surface area contributed by atoms with Crippen molar-refractivity contribution in [2.24, 2.45) is 0 Å². The number of hydrogen-bond acceptors (Lipinski definition) is 3. The molecule has 0 unspecified atom stereocenters. The highest BCUT2D eigenvalue weighted by molar-refractivity contribution is 5.79. The fraction of sp³-hybridized carbons (Fsp3) is 0.200. The van der Waals surface area contributed by atoms with Gasteiger partial charge in [-0.15, -0.1) is 0 Å². The molecule has 0 saturated heterocycles. The number of benzene rings is 2. The highest BCUT2D eigenvalue weighted by Crippen LogP contribution is 2.18. The van der Waals surface area contributed by atoms with E-state index in [1.807, 2.05) is 31.2 Å². The maximum absolute atomic E-state index is 14.4. The van der Waals surface area contributed by atoms with E-state index in [4.69, 9.17) is 4.74 Å². The molecular formula is C20H20FN3O2. The largest absolute Gasteiger partial charge is 0.496 e. The number of aromatic nitrogens is 2. The average molecular weight is 353 g/mol. The minimum absolute atomic E-state index is 0.149. The molecule has 0 spiro atoms. The van der Waals surface area contributed by atoms with Gasteiger partial charge in [-0.25, -0.2) is 9.37 Å². The van der Waals surface area contributed by atoms with Crippen LogP contribution in [0.2, 0.25) is 0 Å². The molecule has 134 valence electrons. The molecule has 0 fully saturated rings. The first kappa shape index (κ1) is 17.7. The fourth-order valence-electron chi connectivity index (χ4n) is 2.77. The van der Waals surface area contributed by atoms with Gasteiger partial charge in [0.05, 0.1) is 19.2 Å². The summed E-state index contributed by atoms with van der Waals surface area (Å²) in [4.78, 5) is 16.3. The lowest BCUT2D eigenvalue weighted by atomic mass is 10.1. The number of hydrogen-bond donors (Lipinski definition) is 1. The van der Waals surface area contributed by atoms with E-state index >= 15 is 0 Å². The molecule has 0 atom stereocenters. The van der Waals surface area contributed by atoms with Gasteiger partial charge in [-0.2, -0.15) is 0 Å². The Kier molecular flexibility index (Phi) is 5.31. The summed E-state index contributed by atoms with van der Waals surface area (Å²) in [6.07, 6.45) is 3.54. The second-order valence-corrected chi connectivity index (χ2v) is 5.90. The van der Waals surface area contributed by atoms with Crippen LogP contribution in [-0.2, 0) is 17.8 Å². The number of halogens is 1. The lowest BCUT2D eigenvalue weighted by Crippen LogP contribution is -2.24. The van der Waals surface area contributed by atoms with E-state index < -0.39 is 0 Å². The van der Waals surface area contributed by atoms with E-state index in [0.717, 1.165) is 5.56 Å². The van der Waals surface area contributed by atoms with Crippen molar-refractivity contribution in [3.05, 3.63) is 77.6 Å². The van der Waals surface area contributed by atoms with E-state index in [0.29, 0.717) is 22.8 Å². The molecule has 1 amide bonds. The van der Waals surface area contributed by atoms with E-state index in [-0.39, 0.29) is 24.7 Å². The number of nitrogens with zero attached hydrogens (tertiary/aromatic N) is 2. The average Bonchev–Trinajstić information content (AvgIpc) is 3.06. The lowest BCUT2D eigenvalue weighted by Gasteiger charge is -2.11. The molecule has 0 aliphatic heterocycles. The Morgan fingerprint density at radius 2 is 2.08 bits per heavy atom. The second-order valence-electron chi connectivity index (χ2n) is 5.90. The van der Waals surface area contributed by atoms with Crippen LogP contribution in [-0.4, -0.2) is 22.6 Å². The smallest absolute Gasteiger partial charge is 0.224 e. The van der Waals surface area contributed by atoms with E-state index in [2.05, 4.69) is 10.3 Å². The zero-order chi connectivity index (χ0) is 18.5. The van der Waals surface area contributed by atoms with Crippen molar-refractivity contribution < 1.29 is 13.9 Å². The summed E-state index contributed by atoms with van der Waals surface area (Å²) in [5.74, 6) is 0.877. The molecule has 1 heterocycles. The van der Waals surface area contributed by atoms with Crippen LogP contribution in [0.1, 0.15) is 17.0 Å². The van der Waals surface area contributed by atoms with Crippen molar-refractivity contribution in [2.45, 2.75) is 19.9 Å². The van der Waals surface area contributed by atoms with E-state index in [9.17, 15) is 9.18 Å². The molecule has 0 bridgehead atoms. The Bertz CT molecular complexity index is 921. The number of amides is 1. The first-order valence-corrected chi connectivity index (χ1v) is 8.26. The van der Waals surface area contributed by atoms with Gasteiger partial charge >= 0.3 is 0 Å². The lowest BCUT2D eigenvalue weighted by molar-refractivity contribution is -0.120. The third kappa shape index (κ3) is 3.91. The molecular weight excluding hydrogens is 333 g/mol. The third-order valence-electron chi connectivity index (χ3n) is 4.13. The number of para-hydroxylation sites is 1. The molecule has 2 aromatic carbocycles. The van der Waals surface area contributed by atoms with Crippen LogP contribution in [0.4, 0.5) is 4.39 Å². The maximum Gasteiger partial charge on any atom is 0.224 e. The van der Waals surface area contributed by atoms with Gasteiger partial charge in [0.25, 0.3) is 0 Å². The van der Waals surface area contributed by atoms with Crippen molar-refractivity contribution in [2.75, 3.05) is 7.11 Å². The summed E-state index contributed by atoms with van der Waals surface area (Å²) in [7, 11) is 1.57. The molecule has 0 aliphatic rings. The maximum atomic E-state index is 14.4. The summed E-state index contributed by atoms with van der Waals surface area (Å²) < 4.78 is 21.3. The number of nitrogens with one attached hydrogen (secondary N) is 1. The molecule has 0 aliphatic carbocycles. The highest BCUT2D eigenvalue weighted by atomic mass is 19.1. The molecule has 6 heteroatoms. The summed E-state index contributed by atoms with van der Waals surface area (Å²) in [6, 6.07) is 12.3. The summed E-state index contributed by atoms with van der Waals surface area (Å²) in [5, 5.41) is 2.81. The van der Waals surface area contributed by atoms with Crippen molar-refractivity contribution >= 4 is 5.91 Å². The fourth-order valence-corrected chi connectivity index (χ4v) is 2.77. The number of imidazole rings is 1. The van der Waals surface area contributed by atoms with Crippen LogP contribution < -0.4 is 10.1 Å². The van der Waals surface area contributed by atoms with Crippen LogP contribution >= 0.6 is 0 Å². The Morgan fingerprint density at radius 1 is 1.27 bits per heavy atom. The first-order chi connectivity index (χ1) is 12.6. The number of rotatable bonds is 6. The van der Waals surface area contributed by atoms with Gasteiger partial charge in [-0.05, 0) is 30.7 Å². The third-order valence-corrected chi connectivity index (χ3v) is 4.13. The molecule has 26 heavy (non-hydrogen) atoms. The predicted octanol–water partition coefficient (Wildman–Crippen LogP) is 3.19. The Hall–Kier alpha value is -3.15. The molecule has 3 rings (SSSR count). The number of ether oxygens (including phenoxy) is 1. The molecule has 5 nitrogen and oxygen atoms in total. The van der Waals surface area contributed by atoms with Crippen molar-refractivity contribution in [1.82, 2.24) is 14.9 Å². The van der Waals surface area contributed by atoms with Crippen LogP contribution in [0.5, 0.6) is 5.75 Å². The van der Waals surface area contributed by atoms with E-state index in [1.165, 1.54) is 6.07 Å². The van der Waals surface area contributed by atoms with Gasteiger partial charge < -0.3 is 14.6 Å². The number of methoxy groups -OCH3 is 1. The van der Waals surface area contributed by atoms with Crippen LogP contribution in [0.15, 0.2) is 54.9 Å². The Balaban J connectivity index is 1.64. The van der Waals surface area contributed by atoms with Crippen LogP contribution in [0.25, 0.3) is 5.69 Å². The normalized spacial score (nSPS) is 10.6. The van der Waals surface area contributed by atoms with Gasteiger partial charge in [0, 0.05) is 24.5 Å². The summed E-state index contributed by atoms with van der Waals surface area (Å²) in [5.41, 5.74) is 1.94. The van der Waals surface area contributed by atoms with Gasteiger partial charge in [-0.1, -0.05) is 24.3 Å². The topological polar surface area (TPSA) is 56.1 Å². The first-order valence-electron chi connectivity index (χ1n) is 8.26. The molecule has 0 radical (unpaired) electrons. The van der Waals surface area contributed by atoms with Crippen LogP contribution in [0, 0.1) is 12.7 Å².